The number of hydrogen-bond acceptors (Lipinski definition) is 2. The van der Waals surface area contributed by atoms with Gasteiger partial charge >= 0.3 is 5.97 Å². The molecule has 0 aliphatic rings. The van der Waals surface area contributed by atoms with Gasteiger partial charge in [0.25, 0.3) is 0 Å². The van der Waals surface area contributed by atoms with Gasteiger partial charge in [-0.05, 0) is 42.3 Å². The largest absolute Gasteiger partial charge is 0.479 e. The Bertz CT molecular complexity index is 660. The summed E-state index contributed by atoms with van der Waals surface area (Å²) in [6.45, 7) is 1.67. The molecule has 0 spiro atoms. The lowest BCUT2D eigenvalue weighted by atomic mass is 9.86. The smallest absolute Gasteiger partial charge is 0.334 e. The molecule has 5 heteroatoms. The molecule has 0 aliphatic heterocycles. The van der Waals surface area contributed by atoms with Crippen molar-refractivity contribution in [3.8, 4) is 0 Å². The maximum atomic E-state index is 13.4. The van der Waals surface area contributed by atoms with Crippen LogP contribution in [0, 0.1) is 11.6 Å². The molecule has 0 saturated carbocycles. The number of rotatable bonds is 5. The van der Waals surface area contributed by atoms with Gasteiger partial charge in [0.05, 0.1) is 0 Å². The molecule has 0 fully saturated rings. The fraction of sp³-hybridized carbons (Fsp3) is 0.188. The molecule has 1 atom stereocenters. The second kappa shape index (κ2) is 5.91. The van der Waals surface area contributed by atoms with E-state index in [1.165, 1.54) is 42.5 Å². The second-order valence-corrected chi connectivity index (χ2v) is 4.71. The van der Waals surface area contributed by atoms with Crippen molar-refractivity contribution in [2.75, 3.05) is 5.32 Å². The van der Waals surface area contributed by atoms with Crippen molar-refractivity contribution in [3.05, 3.63) is 65.7 Å². The van der Waals surface area contributed by atoms with E-state index in [-0.39, 0.29) is 12.0 Å². The molecule has 1 unspecified atom stereocenters. The van der Waals surface area contributed by atoms with Crippen LogP contribution in [-0.4, -0.2) is 11.1 Å². The summed E-state index contributed by atoms with van der Waals surface area (Å²) in [6.07, 6.45) is 0.169. The zero-order valence-corrected chi connectivity index (χ0v) is 11.4. The minimum Gasteiger partial charge on any atom is -0.479 e. The Morgan fingerprint density at radius 2 is 1.76 bits per heavy atom. The number of hydrogen-bond donors (Lipinski definition) is 2. The average molecular weight is 291 g/mol. The predicted octanol–water partition coefficient (Wildman–Crippen LogP) is 3.77. The highest BCUT2D eigenvalue weighted by Crippen LogP contribution is 2.31. The molecule has 110 valence electrons. The van der Waals surface area contributed by atoms with Crippen molar-refractivity contribution in [3.63, 3.8) is 0 Å². The van der Waals surface area contributed by atoms with Crippen molar-refractivity contribution in [2.45, 2.75) is 18.9 Å². The molecule has 3 nitrogen and oxygen atoms in total. The van der Waals surface area contributed by atoms with Gasteiger partial charge in [-0.15, -0.1) is 0 Å². The van der Waals surface area contributed by atoms with Gasteiger partial charge in [0.15, 0.2) is 5.54 Å². The fourth-order valence-corrected chi connectivity index (χ4v) is 2.26. The summed E-state index contributed by atoms with van der Waals surface area (Å²) in [5, 5.41) is 12.4. The minimum atomic E-state index is -1.52. The van der Waals surface area contributed by atoms with E-state index in [4.69, 9.17) is 0 Å². The van der Waals surface area contributed by atoms with Gasteiger partial charge in [-0.3, -0.25) is 0 Å². The summed E-state index contributed by atoms with van der Waals surface area (Å²) in [7, 11) is 0. The van der Waals surface area contributed by atoms with Gasteiger partial charge in [0.2, 0.25) is 0 Å². The first-order valence-corrected chi connectivity index (χ1v) is 6.51. The van der Waals surface area contributed by atoms with E-state index in [2.05, 4.69) is 5.32 Å². The van der Waals surface area contributed by atoms with Crippen molar-refractivity contribution in [1.82, 2.24) is 0 Å². The standard InChI is InChI=1S/C16H15F2NO2/c1-2-16(15(20)21,11-5-3-6-12(17)9-11)19-14-8-4-7-13(18)10-14/h3-10,19H,2H2,1H3,(H,20,21). The molecule has 0 aliphatic carbocycles. The van der Waals surface area contributed by atoms with Crippen LogP contribution in [-0.2, 0) is 10.3 Å². The molecule has 0 aromatic heterocycles. The Labute approximate surface area is 121 Å². The molecule has 21 heavy (non-hydrogen) atoms. The van der Waals surface area contributed by atoms with Crippen molar-refractivity contribution in [2.24, 2.45) is 0 Å². The molecule has 0 radical (unpaired) electrons. The zero-order valence-electron chi connectivity index (χ0n) is 11.4. The third-order valence-corrected chi connectivity index (χ3v) is 3.40. The number of carboxylic acid groups (broad SMARTS) is 1. The summed E-state index contributed by atoms with van der Waals surface area (Å²) < 4.78 is 26.7. The van der Waals surface area contributed by atoms with Crippen molar-refractivity contribution >= 4 is 11.7 Å². The highest BCUT2D eigenvalue weighted by Gasteiger charge is 2.39. The van der Waals surface area contributed by atoms with Crippen LogP contribution in [0.5, 0.6) is 0 Å². The van der Waals surface area contributed by atoms with E-state index in [0.717, 1.165) is 0 Å². The number of halogens is 2. The van der Waals surface area contributed by atoms with E-state index in [0.29, 0.717) is 5.69 Å². The topological polar surface area (TPSA) is 49.3 Å². The van der Waals surface area contributed by atoms with Crippen LogP contribution in [0.15, 0.2) is 48.5 Å². The molecular formula is C16H15F2NO2. The maximum Gasteiger partial charge on any atom is 0.334 e. The number of nitrogens with one attached hydrogen (secondary N) is 1. The molecule has 2 N–H and O–H groups in total. The molecule has 0 heterocycles. The molecule has 2 aromatic rings. The molecule has 0 amide bonds. The van der Waals surface area contributed by atoms with Gasteiger partial charge in [-0.25, -0.2) is 13.6 Å². The lowest BCUT2D eigenvalue weighted by molar-refractivity contribution is -0.142. The molecular weight excluding hydrogens is 276 g/mol. The van der Waals surface area contributed by atoms with Crippen molar-refractivity contribution < 1.29 is 18.7 Å². The van der Waals surface area contributed by atoms with E-state index < -0.39 is 23.1 Å². The fourth-order valence-electron chi connectivity index (χ4n) is 2.26. The number of aliphatic carboxylic acids is 1. The van der Waals surface area contributed by atoms with Gasteiger partial charge in [0, 0.05) is 5.69 Å². The SMILES string of the molecule is CCC(Nc1cccc(F)c1)(C(=O)O)c1cccc(F)c1. The second-order valence-electron chi connectivity index (χ2n) is 4.71. The van der Waals surface area contributed by atoms with Crippen LogP contribution in [0.25, 0.3) is 0 Å². The quantitative estimate of drug-likeness (QED) is 0.881. The monoisotopic (exact) mass is 291 g/mol. The van der Waals surface area contributed by atoms with Crippen LogP contribution in [0.3, 0.4) is 0 Å². The van der Waals surface area contributed by atoms with Gasteiger partial charge < -0.3 is 10.4 Å². The summed E-state index contributed by atoms with van der Waals surface area (Å²) in [6, 6.07) is 10.9. The first-order chi connectivity index (χ1) is 9.98. The Balaban J connectivity index is 2.49. The first-order valence-electron chi connectivity index (χ1n) is 6.51. The van der Waals surface area contributed by atoms with Gasteiger partial charge in [-0.2, -0.15) is 0 Å². The summed E-state index contributed by atoms with van der Waals surface area (Å²) in [5.74, 6) is -2.15. The maximum absolute atomic E-state index is 13.4. The summed E-state index contributed by atoms with van der Waals surface area (Å²) in [5.41, 5.74) is -0.916. The van der Waals surface area contributed by atoms with Gasteiger partial charge in [0.1, 0.15) is 11.6 Å². The van der Waals surface area contributed by atoms with Gasteiger partial charge in [-0.1, -0.05) is 25.1 Å². The lowest BCUT2D eigenvalue weighted by Gasteiger charge is -2.31. The van der Waals surface area contributed by atoms with Crippen LogP contribution in [0.1, 0.15) is 18.9 Å². The van der Waals surface area contributed by atoms with Crippen LogP contribution >= 0.6 is 0 Å². The predicted molar refractivity (Wildman–Crippen MR) is 76.0 cm³/mol. The highest BCUT2D eigenvalue weighted by atomic mass is 19.1. The molecule has 0 saturated heterocycles. The molecule has 0 bridgehead atoms. The molecule has 2 rings (SSSR count). The number of benzene rings is 2. The van der Waals surface area contributed by atoms with E-state index in [9.17, 15) is 18.7 Å². The normalized spacial score (nSPS) is 13.5. The minimum absolute atomic E-state index is 0.169. The first kappa shape index (κ1) is 15.0. The number of anilines is 1. The number of carbonyl (C=O) groups is 1. The zero-order chi connectivity index (χ0) is 15.5. The van der Waals surface area contributed by atoms with Crippen LogP contribution in [0.2, 0.25) is 0 Å². The van der Waals surface area contributed by atoms with Crippen LogP contribution < -0.4 is 5.32 Å². The van der Waals surface area contributed by atoms with E-state index in [1.807, 2.05) is 0 Å². The van der Waals surface area contributed by atoms with E-state index in [1.54, 1.807) is 13.0 Å². The lowest BCUT2D eigenvalue weighted by Crippen LogP contribution is -2.43. The third kappa shape index (κ3) is 3.02. The third-order valence-electron chi connectivity index (χ3n) is 3.40. The Morgan fingerprint density at radius 1 is 1.14 bits per heavy atom. The Kier molecular flexibility index (Phi) is 4.21. The highest BCUT2D eigenvalue weighted by molar-refractivity contribution is 5.84. The van der Waals surface area contributed by atoms with Crippen LogP contribution in [0.4, 0.5) is 14.5 Å². The molecule has 2 aromatic carbocycles. The summed E-state index contributed by atoms with van der Waals surface area (Å²) in [4.78, 5) is 11.8. The van der Waals surface area contributed by atoms with Crippen molar-refractivity contribution in [1.29, 1.82) is 0 Å². The average Bonchev–Trinajstić information content (AvgIpc) is 2.44. The summed E-state index contributed by atoms with van der Waals surface area (Å²) >= 11 is 0. The number of carboxylic acids is 1. The Hall–Kier alpha value is -2.43. The van der Waals surface area contributed by atoms with E-state index >= 15 is 0 Å². The Morgan fingerprint density at radius 3 is 2.29 bits per heavy atom.